The third-order valence-electron chi connectivity index (χ3n) is 8.93. The first-order chi connectivity index (χ1) is 12.3. The molecule has 4 aliphatic rings. The van der Waals surface area contributed by atoms with Crippen molar-refractivity contribution in [1.29, 1.82) is 0 Å². The molecule has 0 aromatic heterocycles. The van der Waals surface area contributed by atoms with Gasteiger partial charge in [0.25, 0.3) is 0 Å². The Morgan fingerprint density at radius 1 is 1.19 bits per heavy atom. The zero-order valence-electron chi connectivity index (χ0n) is 16.7. The van der Waals surface area contributed by atoms with Crippen LogP contribution in [0.4, 0.5) is 8.78 Å². The molecular formula is C23H34F2S. The van der Waals surface area contributed by atoms with Crippen molar-refractivity contribution in [3.63, 3.8) is 0 Å². The van der Waals surface area contributed by atoms with E-state index in [0.29, 0.717) is 30.6 Å². The Morgan fingerprint density at radius 3 is 2.69 bits per heavy atom. The van der Waals surface area contributed by atoms with E-state index >= 15 is 8.78 Å². The third-order valence-corrected chi connectivity index (χ3v) is 9.57. The summed E-state index contributed by atoms with van der Waals surface area (Å²) in [4.78, 5) is 0. The number of allylic oxidation sites excluding steroid dienone is 4. The third kappa shape index (κ3) is 2.37. The van der Waals surface area contributed by atoms with Gasteiger partial charge in [0.05, 0.1) is 0 Å². The molecule has 0 heterocycles. The zero-order chi connectivity index (χ0) is 18.7. The highest BCUT2D eigenvalue weighted by Crippen LogP contribution is 2.70. The molecule has 0 saturated heterocycles. The molecule has 0 aliphatic heterocycles. The number of rotatable bonds is 3. The number of fused-ring (bicyclic) bond motifs is 5. The minimum absolute atomic E-state index is 0.136. The molecule has 0 N–H and O–H groups in total. The van der Waals surface area contributed by atoms with Gasteiger partial charge in [-0.15, -0.1) is 0 Å². The molecule has 4 aliphatic carbocycles. The molecule has 26 heavy (non-hydrogen) atoms. The van der Waals surface area contributed by atoms with Crippen molar-refractivity contribution >= 4 is 11.8 Å². The van der Waals surface area contributed by atoms with E-state index in [1.54, 1.807) is 0 Å². The van der Waals surface area contributed by atoms with Crippen molar-refractivity contribution in [3.8, 4) is 0 Å². The van der Waals surface area contributed by atoms with Gasteiger partial charge < -0.3 is 0 Å². The van der Waals surface area contributed by atoms with Gasteiger partial charge in [0, 0.05) is 11.3 Å². The Hall–Kier alpha value is -0.310. The first kappa shape index (κ1) is 19.0. The molecule has 4 rings (SSSR count). The maximum Gasteiger partial charge on any atom is 0.126 e. The number of alkyl halides is 2. The van der Waals surface area contributed by atoms with Gasteiger partial charge in [-0.25, -0.2) is 8.78 Å². The van der Waals surface area contributed by atoms with E-state index in [9.17, 15) is 0 Å². The van der Waals surface area contributed by atoms with Gasteiger partial charge in [-0.2, -0.15) is 11.8 Å². The molecule has 146 valence electrons. The molecule has 0 bridgehead atoms. The molecule has 0 amide bonds. The van der Waals surface area contributed by atoms with Crippen LogP contribution in [0.15, 0.2) is 23.8 Å². The standard InChI is InChI=1S/C23H34F2S/c1-15-13-18-19-14-20(24)17-7-5-6-9-22(17,3)23(19,25)11-10-21(18,2)16(15)8-12-26-4/h6-7,9,15-16,18-20H,5,8,10-14H2,1-4H3/t15-,16+,18+,19+,20?,21-,22+,23-/m1/s1. The van der Waals surface area contributed by atoms with Gasteiger partial charge in [-0.1, -0.05) is 32.1 Å². The fourth-order valence-corrected chi connectivity index (χ4v) is 8.04. The fraction of sp³-hybridized carbons (Fsp3) is 0.826. The molecule has 0 radical (unpaired) electrons. The van der Waals surface area contributed by atoms with Crippen LogP contribution in [0.25, 0.3) is 0 Å². The second-order valence-corrected chi connectivity index (χ2v) is 10.9. The van der Waals surface area contributed by atoms with Crippen LogP contribution in [0.3, 0.4) is 0 Å². The van der Waals surface area contributed by atoms with E-state index in [2.05, 4.69) is 20.1 Å². The summed E-state index contributed by atoms with van der Waals surface area (Å²) in [5.74, 6) is 2.67. The Morgan fingerprint density at radius 2 is 1.96 bits per heavy atom. The average Bonchev–Trinajstić information content (AvgIpc) is 2.86. The molecule has 8 atom stereocenters. The van der Waals surface area contributed by atoms with Gasteiger partial charge >= 0.3 is 0 Å². The largest absolute Gasteiger partial charge is 0.243 e. The molecule has 0 aromatic rings. The van der Waals surface area contributed by atoms with E-state index in [-0.39, 0.29) is 11.3 Å². The molecule has 3 fully saturated rings. The summed E-state index contributed by atoms with van der Waals surface area (Å²) in [6.45, 7) is 6.74. The molecule has 3 saturated carbocycles. The lowest BCUT2D eigenvalue weighted by atomic mass is 9.46. The molecule has 0 aromatic carbocycles. The van der Waals surface area contributed by atoms with E-state index < -0.39 is 17.3 Å². The summed E-state index contributed by atoms with van der Waals surface area (Å²) in [5, 5.41) is 0. The monoisotopic (exact) mass is 380 g/mol. The van der Waals surface area contributed by atoms with Gasteiger partial charge in [-0.05, 0) is 86.2 Å². The number of hydrogen-bond donors (Lipinski definition) is 0. The van der Waals surface area contributed by atoms with Crippen molar-refractivity contribution in [2.45, 2.75) is 71.1 Å². The topological polar surface area (TPSA) is 0 Å². The summed E-state index contributed by atoms with van der Waals surface area (Å²) >= 11 is 1.91. The molecule has 0 spiro atoms. The lowest BCUT2D eigenvalue weighted by Gasteiger charge is -2.61. The van der Waals surface area contributed by atoms with E-state index in [0.717, 1.165) is 24.8 Å². The van der Waals surface area contributed by atoms with Crippen LogP contribution in [0.5, 0.6) is 0 Å². The van der Waals surface area contributed by atoms with Crippen LogP contribution in [-0.4, -0.2) is 23.8 Å². The Labute approximate surface area is 162 Å². The van der Waals surface area contributed by atoms with Gasteiger partial charge in [0.15, 0.2) is 0 Å². The maximum atomic E-state index is 16.8. The second kappa shape index (κ2) is 6.36. The van der Waals surface area contributed by atoms with Crippen LogP contribution in [0, 0.1) is 34.5 Å². The Balaban J connectivity index is 1.71. The van der Waals surface area contributed by atoms with Crippen LogP contribution in [0.2, 0.25) is 0 Å². The van der Waals surface area contributed by atoms with Crippen LogP contribution < -0.4 is 0 Å². The molecule has 0 nitrogen and oxygen atoms in total. The summed E-state index contributed by atoms with van der Waals surface area (Å²) in [6.07, 6.45) is 12.2. The van der Waals surface area contributed by atoms with Crippen molar-refractivity contribution < 1.29 is 8.78 Å². The smallest absolute Gasteiger partial charge is 0.126 e. The van der Waals surface area contributed by atoms with Crippen molar-refractivity contribution in [2.75, 3.05) is 12.0 Å². The SMILES string of the molecule is CSCC[C@H]1[C@H](C)C[C@H]2[C@@H]3CC(F)C4=CCC=C[C@]4(C)[C@@]3(F)CC[C@]12C. The lowest BCUT2D eigenvalue weighted by Crippen LogP contribution is -2.61. The van der Waals surface area contributed by atoms with E-state index in [1.165, 1.54) is 12.2 Å². The Kier molecular flexibility index (Phi) is 4.65. The summed E-state index contributed by atoms with van der Waals surface area (Å²) in [5.41, 5.74) is -1.11. The van der Waals surface area contributed by atoms with Crippen LogP contribution >= 0.6 is 11.8 Å². The average molecular weight is 381 g/mol. The zero-order valence-corrected chi connectivity index (χ0v) is 17.5. The summed E-state index contributed by atoms with van der Waals surface area (Å²) < 4.78 is 32.0. The highest BCUT2D eigenvalue weighted by atomic mass is 32.2. The normalized spacial score (nSPS) is 52.8. The van der Waals surface area contributed by atoms with Crippen molar-refractivity contribution in [3.05, 3.63) is 23.8 Å². The molecule has 1 unspecified atom stereocenters. The quantitative estimate of drug-likeness (QED) is 0.487. The van der Waals surface area contributed by atoms with E-state index in [4.69, 9.17) is 0 Å². The number of hydrogen-bond acceptors (Lipinski definition) is 1. The summed E-state index contributed by atoms with van der Waals surface area (Å²) in [6, 6.07) is 0. The maximum absolute atomic E-state index is 16.8. The van der Waals surface area contributed by atoms with Gasteiger partial charge in [0.1, 0.15) is 11.8 Å². The van der Waals surface area contributed by atoms with Gasteiger partial charge in [-0.3, -0.25) is 0 Å². The lowest BCUT2D eigenvalue weighted by molar-refractivity contribution is -0.137. The fourth-order valence-electron chi connectivity index (χ4n) is 7.55. The van der Waals surface area contributed by atoms with Crippen LogP contribution in [0.1, 0.15) is 59.3 Å². The highest BCUT2D eigenvalue weighted by molar-refractivity contribution is 7.98. The molecule has 3 heteroatoms. The first-order valence-electron chi connectivity index (χ1n) is 10.5. The van der Waals surface area contributed by atoms with E-state index in [1.807, 2.05) is 36.9 Å². The summed E-state index contributed by atoms with van der Waals surface area (Å²) in [7, 11) is 0. The molecular weight excluding hydrogens is 346 g/mol. The minimum atomic E-state index is -1.28. The number of thioether (sulfide) groups is 1. The van der Waals surface area contributed by atoms with Crippen LogP contribution in [-0.2, 0) is 0 Å². The predicted octanol–water partition coefficient (Wildman–Crippen LogP) is 6.77. The number of halogens is 2. The van der Waals surface area contributed by atoms with Crippen molar-refractivity contribution in [1.82, 2.24) is 0 Å². The first-order valence-corrected chi connectivity index (χ1v) is 11.9. The second-order valence-electron chi connectivity index (χ2n) is 9.89. The minimum Gasteiger partial charge on any atom is -0.243 e. The highest BCUT2D eigenvalue weighted by Gasteiger charge is 2.68. The van der Waals surface area contributed by atoms with Gasteiger partial charge in [0.2, 0.25) is 0 Å². The van der Waals surface area contributed by atoms with Crippen molar-refractivity contribution in [2.24, 2.45) is 34.5 Å². The Bertz CT molecular complexity index is 628. The predicted molar refractivity (Wildman–Crippen MR) is 108 cm³/mol.